The fourth-order valence-corrected chi connectivity index (χ4v) is 5.94. The molecule has 0 unspecified atom stereocenters. The van der Waals surface area contributed by atoms with Gasteiger partial charge in [-0.1, -0.05) is 48.5 Å². The summed E-state index contributed by atoms with van der Waals surface area (Å²) in [6, 6.07) is 24.1. The van der Waals surface area contributed by atoms with Crippen molar-refractivity contribution >= 4 is 44.6 Å². The highest BCUT2D eigenvalue weighted by atomic mass is 16.5. The van der Waals surface area contributed by atoms with Gasteiger partial charge in [0.05, 0.1) is 31.7 Å². The van der Waals surface area contributed by atoms with E-state index in [9.17, 15) is 4.79 Å². The fraction of sp³-hybridized carbons (Fsp3) is 0.344. The highest BCUT2D eigenvalue weighted by molar-refractivity contribution is 6.10. The summed E-state index contributed by atoms with van der Waals surface area (Å²) in [4.78, 5) is 18.2. The number of nitrogens with one attached hydrogen (secondary N) is 2. The number of nitrogens with zero attached hydrogens (tertiary/aromatic N) is 2. The van der Waals surface area contributed by atoms with Crippen molar-refractivity contribution in [3.63, 3.8) is 0 Å². The zero-order chi connectivity index (χ0) is 26.6. The van der Waals surface area contributed by atoms with Gasteiger partial charge in [0.15, 0.2) is 0 Å². The smallest absolute Gasteiger partial charge is 0.323 e. The molecule has 4 aromatic carbocycles. The van der Waals surface area contributed by atoms with E-state index in [1.807, 2.05) is 48.5 Å². The molecule has 2 fully saturated rings. The van der Waals surface area contributed by atoms with E-state index in [2.05, 4.69) is 44.7 Å². The minimum Gasteiger partial charge on any atom is -0.495 e. The van der Waals surface area contributed by atoms with E-state index in [1.165, 1.54) is 25.1 Å². The Morgan fingerprint density at radius 1 is 0.846 bits per heavy atom. The van der Waals surface area contributed by atoms with E-state index < -0.39 is 0 Å². The maximum atomic E-state index is 13.1. The number of urea groups is 1. The predicted molar refractivity (Wildman–Crippen MR) is 159 cm³/mol. The molecule has 2 saturated heterocycles. The first kappa shape index (κ1) is 25.5. The van der Waals surface area contributed by atoms with Gasteiger partial charge in [0.1, 0.15) is 5.75 Å². The number of amides is 2. The number of morpholine rings is 1. The zero-order valence-corrected chi connectivity index (χ0v) is 22.5. The Hall–Kier alpha value is -3.81. The summed E-state index contributed by atoms with van der Waals surface area (Å²) in [5.74, 6) is 1.36. The van der Waals surface area contributed by atoms with Crippen LogP contribution in [0.15, 0.2) is 72.8 Å². The van der Waals surface area contributed by atoms with Crippen molar-refractivity contribution in [3.05, 3.63) is 72.8 Å². The summed E-state index contributed by atoms with van der Waals surface area (Å²) in [5, 5.41) is 10.4. The van der Waals surface area contributed by atoms with Gasteiger partial charge in [-0.3, -0.25) is 4.90 Å². The van der Waals surface area contributed by atoms with Crippen LogP contribution in [0.25, 0.3) is 21.5 Å². The molecule has 7 heteroatoms. The topological polar surface area (TPSA) is 66.1 Å². The first-order chi connectivity index (χ1) is 19.2. The molecule has 0 aliphatic carbocycles. The minimum absolute atomic E-state index is 0.301. The van der Waals surface area contributed by atoms with Gasteiger partial charge in [-0.25, -0.2) is 4.79 Å². The van der Waals surface area contributed by atoms with Crippen LogP contribution >= 0.6 is 0 Å². The van der Waals surface area contributed by atoms with Gasteiger partial charge in [0.25, 0.3) is 0 Å². The number of hydrogen-bond donors (Lipinski definition) is 2. The van der Waals surface area contributed by atoms with E-state index in [-0.39, 0.29) is 6.03 Å². The summed E-state index contributed by atoms with van der Waals surface area (Å²) < 4.78 is 11.1. The lowest BCUT2D eigenvalue weighted by atomic mass is 9.94. The summed E-state index contributed by atoms with van der Waals surface area (Å²) in [6.07, 6.45) is 2.39. The first-order valence-corrected chi connectivity index (χ1v) is 13.9. The predicted octanol–water partition coefficient (Wildman–Crippen LogP) is 6.19. The van der Waals surface area contributed by atoms with Crippen molar-refractivity contribution in [3.8, 4) is 5.75 Å². The third-order valence-corrected chi connectivity index (χ3v) is 8.04. The van der Waals surface area contributed by atoms with Crippen LogP contribution in [0.1, 0.15) is 12.8 Å². The molecule has 2 amide bonds. The molecule has 39 heavy (non-hydrogen) atoms. The van der Waals surface area contributed by atoms with Crippen LogP contribution in [-0.4, -0.2) is 64.0 Å². The van der Waals surface area contributed by atoms with Crippen LogP contribution in [-0.2, 0) is 4.74 Å². The van der Waals surface area contributed by atoms with Crippen LogP contribution in [0.3, 0.4) is 0 Å². The summed E-state index contributed by atoms with van der Waals surface area (Å²) >= 11 is 0. The second-order valence-corrected chi connectivity index (χ2v) is 10.5. The number of anilines is 3. The first-order valence-electron chi connectivity index (χ1n) is 13.9. The summed E-state index contributed by atoms with van der Waals surface area (Å²) in [6.45, 7) is 7.11. The molecule has 0 saturated carbocycles. The molecule has 2 N–H and O–H groups in total. The molecule has 6 rings (SSSR count). The number of rotatable bonds is 6. The molecule has 2 heterocycles. The van der Waals surface area contributed by atoms with Crippen molar-refractivity contribution in [2.24, 2.45) is 5.92 Å². The Balaban J connectivity index is 1.16. The number of hydrogen-bond acceptors (Lipinski definition) is 5. The van der Waals surface area contributed by atoms with Crippen molar-refractivity contribution in [1.29, 1.82) is 0 Å². The third kappa shape index (κ3) is 5.65. The van der Waals surface area contributed by atoms with Crippen molar-refractivity contribution in [2.75, 3.05) is 68.6 Å². The SMILES string of the molecule is COc1cc2ccccc2cc1NC(=O)Nc1ccc(N2CCC(CN3CCOCC3)CC2)c2ccccc12. The molecule has 0 aromatic heterocycles. The standard InChI is InChI=1S/C32H36N4O3/c1-38-31-21-25-7-3-2-6-24(25)20-29(31)34-32(37)33-28-10-11-30(27-9-5-4-8-26(27)28)36-14-12-23(13-15-36)22-35-16-18-39-19-17-35/h2-11,20-21,23H,12-19,22H2,1H3,(H2,33,34,37). The number of fused-ring (bicyclic) bond motifs is 2. The number of methoxy groups -OCH3 is 1. The normalized spacial score (nSPS) is 16.9. The lowest BCUT2D eigenvalue weighted by molar-refractivity contribution is 0.0289. The van der Waals surface area contributed by atoms with Gasteiger partial charge < -0.3 is 25.0 Å². The number of carbonyl (C=O) groups is 1. The van der Waals surface area contributed by atoms with Crippen LogP contribution in [0.2, 0.25) is 0 Å². The van der Waals surface area contributed by atoms with E-state index >= 15 is 0 Å². The van der Waals surface area contributed by atoms with E-state index in [0.717, 1.165) is 72.5 Å². The Morgan fingerprint density at radius 2 is 1.51 bits per heavy atom. The van der Waals surface area contributed by atoms with Crippen LogP contribution < -0.4 is 20.3 Å². The van der Waals surface area contributed by atoms with Crippen molar-refractivity contribution in [1.82, 2.24) is 4.90 Å². The molecule has 0 atom stereocenters. The number of carbonyl (C=O) groups excluding carboxylic acids is 1. The van der Waals surface area contributed by atoms with Gasteiger partial charge in [0, 0.05) is 49.2 Å². The summed E-state index contributed by atoms with van der Waals surface area (Å²) in [5.41, 5.74) is 2.65. The largest absolute Gasteiger partial charge is 0.495 e. The average molecular weight is 525 g/mol. The molecule has 7 nitrogen and oxygen atoms in total. The van der Waals surface area contributed by atoms with Crippen LogP contribution in [0.4, 0.5) is 21.9 Å². The van der Waals surface area contributed by atoms with Gasteiger partial charge in [-0.05, 0) is 53.8 Å². The second-order valence-electron chi connectivity index (χ2n) is 10.5. The molecule has 202 valence electrons. The molecule has 2 aliphatic rings. The lowest BCUT2D eigenvalue weighted by Crippen LogP contribution is -2.43. The second kappa shape index (κ2) is 11.5. The highest BCUT2D eigenvalue weighted by Gasteiger charge is 2.24. The molecule has 0 spiro atoms. The Labute approximate surface area is 229 Å². The Kier molecular flexibility index (Phi) is 7.52. The van der Waals surface area contributed by atoms with E-state index in [4.69, 9.17) is 9.47 Å². The lowest BCUT2D eigenvalue weighted by Gasteiger charge is -2.37. The van der Waals surface area contributed by atoms with Gasteiger partial charge in [-0.2, -0.15) is 0 Å². The van der Waals surface area contributed by atoms with E-state index in [1.54, 1.807) is 7.11 Å². The van der Waals surface area contributed by atoms with Gasteiger partial charge in [0.2, 0.25) is 0 Å². The Morgan fingerprint density at radius 3 is 2.26 bits per heavy atom. The average Bonchev–Trinajstić information content (AvgIpc) is 2.98. The molecular weight excluding hydrogens is 488 g/mol. The maximum absolute atomic E-state index is 13.1. The monoisotopic (exact) mass is 524 g/mol. The highest BCUT2D eigenvalue weighted by Crippen LogP contribution is 2.35. The van der Waals surface area contributed by atoms with Crippen molar-refractivity contribution < 1.29 is 14.3 Å². The number of benzene rings is 4. The fourth-order valence-electron chi connectivity index (χ4n) is 5.94. The van der Waals surface area contributed by atoms with Crippen molar-refractivity contribution in [2.45, 2.75) is 12.8 Å². The van der Waals surface area contributed by atoms with Gasteiger partial charge >= 0.3 is 6.03 Å². The number of piperidine rings is 1. The maximum Gasteiger partial charge on any atom is 0.323 e. The third-order valence-electron chi connectivity index (χ3n) is 8.04. The van der Waals surface area contributed by atoms with E-state index in [0.29, 0.717) is 11.4 Å². The van der Waals surface area contributed by atoms with Crippen LogP contribution in [0, 0.1) is 5.92 Å². The van der Waals surface area contributed by atoms with Gasteiger partial charge in [-0.15, -0.1) is 0 Å². The molecule has 0 radical (unpaired) electrons. The van der Waals surface area contributed by atoms with Crippen LogP contribution in [0.5, 0.6) is 5.75 Å². The number of ether oxygens (including phenoxy) is 2. The quantitative estimate of drug-likeness (QED) is 0.315. The molecular formula is C32H36N4O3. The molecule has 2 aliphatic heterocycles. The minimum atomic E-state index is -0.301. The molecule has 0 bridgehead atoms. The summed E-state index contributed by atoms with van der Waals surface area (Å²) in [7, 11) is 1.62. The molecule has 4 aromatic rings. The zero-order valence-electron chi connectivity index (χ0n) is 22.5. The Bertz CT molecular complexity index is 1460.